The maximum absolute atomic E-state index is 14.5. The van der Waals surface area contributed by atoms with E-state index in [1.807, 2.05) is 50.3 Å². The van der Waals surface area contributed by atoms with Gasteiger partial charge in [0.15, 0.2) is 41.8 Å². The maximum atomic E-state index is 14.5. The van der Waals surface area contributed by atoms with Crippen LogP contribution in [0.25, 0.3) is 0 Å². The molecule has 94 heavy (non-hydrogen) atoms. The molecular weight excluding hydrogens is 1400 g/mol. The molecule has 5 aliphatic heterocycles. The average Bonchev–Trinajstić information content (AvgIpc) is 0.762. The van der Waals surface area contributed by atoms with Gasteiger partial charge >= 0.3 is 6.09 Å². The van der Waals surface area contributed by atoms with E-state index in [4.69, 9.17) is 61.7 Å². The quantitative estimate of drug-likeness (QED) is 0.0250. The van der Waals surface area contributed by atoms with Crippen LogP contribution >= 0.6 is 55.9 Å². The van der Waals surface area contributed by atoms with E-state index in [0.29, 0.717) is 34.5 Å². The summed E-state index contributed by atoms with van der Waals surface area (Å²) in [6.45, 7) is 17.4. The zero-order chi connectivity index (χ0) is 68.5. The molecule has 8 rings (SSSR count). The number of benzene rings is 1. The van der Waals surface area contributed by atoms with Crippen molar-refractivity contribution < 1.29 is 106 Å². The van der Waals surface area contributed by atoms with Gasteiger partial charge in [0.25, 0.3) is 0 Å². The largest absolute Gasteiger partial charge is 0.492 e. The lowest BCUT2D eigenvalue weighted by Crippen LogP contribution is -2.65. The van der Waals surface area contributed by atoms with Gasteiger partial charge in [-0.1, -0.05) is 70.0 Å². The number of rotatable bonds is 23. The van der Waals surface area contributed by atoms with E-state index in [0.717, 1.165) is 24.6 Å². The third-order valence-corrected chi connectivity index (χ3v) is 22.6. The second-order valence-corrected chi connectivity index (χ2v) is 29.9. The zero-order valence-electron chi connectivity index (χ0n) is 55.2. The molecule has 29 heteroatoms. The second kappa shape index (κ2) is 34.0. The minimum atomic E-state index is -2.04. The van der Waals surface area contributed by atoms with Gasteiger partial charge in [-0.2, -0.15) is 5.48 Å². The van der Waals surface area contributed by atoms with E-state index in [2.05, 4.69) is 34.5 Å². The van der Waals surface area contributed by atoms with Crippen LogP contribution in [0.1, 0.15) is 110 Å². The smallest absolute Gasteiger partial charge is 0.410 e. The minimum Gasteiger partial charge on any atom is -0.492 e. The molecule has 0 aromatic heterocycles. The first-order valence-corrected chi connectivity index (χ1v) is 35.8. The highest BCUT2D eigenvalue weighted by Gasteiger charge is 2.52. The molecule has 522 valence electrons. The number of ether oxygens (including phenoxy) is 12. The van der Waals surface area contributed by atoms with Crippen molar-refractivity contribution in [1.29, 1.82) is 0 Å². The number of methoxy groups -OCH3 is 4. The van der Waals surface area contributed by atoms with Crippen LogP contribution in [0, 0.1) is 34.2 Å². The van der Waals surface area contributed by atoms with Gasteiger partial charge in [0.1, 0.15) is 48.0 Å². The Labute approximate surface area is 575 Å². The molecule has 0 saturated carbocycles. The number of aliphatic hydroxyl groups excluding tert-OH is 4. The number of nitrogens with one attached hydrogen (secondary N) is 2. The predicted octanol–water partition coefficient (Wildman–Crippen LogP) is 4.98. The summed E-state index contributed by atoms with van der Waals surface area (Å²) >= 11 is 2.83. The minimum absolute atomic E-state index is 0.0259. The SMILES string of the molecule is CCN[C@H]1CO[C@@H](O[C@H]2[C@H](O[C@H]3C#C/C=C\C#C[C@]4(O)CC(=O)C(CC(C)=O)=C3/C4=C\CSSC3CCN(C(=O)OC(C)(C)C)CC3)O[C@H](C)[C@@H](NO[C@H]3C[C@H](O)[C@H](SC(=O)c4c(C)c(I)c(O[C@@H]5O[C@@H](C)[C@H](O)[C@@H](OC)[C@H]5O)c(OC)c4OC)[C@@H](C)O3)[C@@H]2O)C[C@@H]1OC. The summed E-state index contributed by atoms with van der Waals surface area (Å²) < 4.78 is 73.7. The molecule has 2 aliphatic carbocycles. The third kappa shape index (κ3) is 18.2. The summed E-state index contributed by atoms with van der Waals surface area (Å²) in [4.78, 5) is 62.7. The molecular formula is C65H90IN3O22S3. The van der Waals surface area contributed by atoms with E-state index < -0.39 is 126 Å². The highest BCUT2D eigenvalue weighted by atomic mass is 127. The van der Waals surface area contributed by atoms with Gasteiger partial charge in [-0.05, 0) is 115 Å². The monoisotopic (exact) mass is 1490 g/mol. The Morgan fingerprint density at radius 1 is 0.872 bits per heavy atom. The van der Waals surface area contributed by atoms with Crippen LogP contribution in [0.15, 0.2) is 34.9 Å². The van der Waals surface area contributed by atoms with Gasteiger partial charge in [-0.3, -0.25) is 19.2 Å². The molecule has 5 saturated heterocycles. The molecule has 19 atom stereocenters. The Morgan fingerprint density at radius 2 is 1.57 bits per heavy atom. The molecule has 1 amide bonds. The van der Waals surface area contributed by atoms with Crippen molar-refractivity contribution in [2.24, 2.45) is 0 Å². The first-order chi connectivity index (χ1) is 44.6. The zero-order valence-corrected chi connectivity index (χ0v) is 59.8. The van der Waals surface area contributed by atoms with Crippen molar-refractivity contribution >= 4 is 78.7 Å². The van der Waals surface area contributed by atoms with Crippen LogP contribution in [-0.4, -0.2) is 240 Å². The fraction of sp³-hybridized carbons (Fsp3) is 0.692. The fourth-order valence-corrected chi connectivity index (χ4v) is 16.5. The number of ketones is 2. The van der Waals surface area contributed by atoms with E-state index >= 15 is 0 Å². The van der Waals surface area contributed by atoms with E-state index in [9.17, 15) is 44.7 Å². The maximum Gasteiger partial charge on any atom is 0.410 e. The molecule has 0 unspecified atom stereocenters. The van der Waals surface area contributed by atoms with Gasteiger partial charge in [-0.25, -0.2) is 4.79 Å². The number of hydrogen-bond donors (Lipinski definition) is 7. The Hall–Kier alpha value is -3.62. The number of halogens is 1. The highest BCUT2D eigenvalue weighted by molar-refractivity contribution is 14.1. The number of likely N-dealkylation sites (N-methyl/N-ethyl adjacent to an activating group) is 1. The standard InChI is InChI=1S/C65H90IN3O22S3/c1-14-67-40-31-83-45(29-44(40)79-10)88-57-52(74)50(68-91-46-28-41(71)59(36(6)84-46)93-60(76)47-33(3)49(66)55(58(82-13)54(47)80-11)89-61-53(75)56(81-12)51(73)35(5)86-61)34(4)85-62(57)87-43-19-17-15-16-18-23-65(78)30-42(72)38(27-32(2)70)48(43)39(65)22-26-92-94-37-20-24-69(25-21-37)63(77)90-64(7,8)9/h15-16,22,34-37,40-41,43-46,50-53,56-57,59,61-62,67-68,71,73-75,78H,14,20-21,24-31H2,1-13H3/b16-15-,39-22+/t34-,35+,36-,40+,41+,43+,44+,45+,46+,50-,51+,52+,53-,56-,57-,59-,61+,62+,65+/m1/s1. The number of hydroxylamine groups is 1. The number of allylic oxidation sites excluding steroid dienone is 3. The van der Waals surface area contributed by atoms with Gasteiger partial charge in [0, 0.05) is 74.3 Å². The van der Waals surface area contributed by atoms with Crippen molar-refractivity contribution in [3.05, 3.63) is 49.6 Å². The lowest BCUT2D eigenvalue weighted by molar-refractivity contribution is -0.336. The van der Waals surface area contributed by atoms with E-state index in [1.165, 1.54) is 51.2 Å². The fourth-order valence-electron chi connectivity index (χ4n) is 12.2. The first-order valence-electron chi connectivity index (χ1n) is 31.4. The number of hydrogen-bond acceptors (Lipinski definition) is 27. The van der Waals surface area contributed by atoms with Crippen LogP contribution in [0.3, 0.4) is 0 Å². The number of carbonyl (C=O) groups excluding carboxylic acids is 4. The van der Waals surface area contributed by atoms with Crippen molar-refractivity contribution in [2.75, 3.05) is 60.4 Å². The van der Waals surface area contributed by atoms with Gasteiger partial charge in [0.05, 0.1) is 84.2 Å². The summed E-state index contributed by atoms with van der Waals surface area (Å²) in [5.41, 5.74) is 1.28. The molecule has 5 heterocycles. The number of likely N-dealkylation sites (tertiary alicyclic amines) is 1. The summed E-state index contributed by atoms with van der Waals surface area (Å²) in [6.07, 6.45) is -11.7. The lowest BCUT2D eigenvalue weighted by Gasteiger charge is -2.46. The summed E-state index contributed by atoms with van der Waals surface area (Å²) in [6, 6.07) is -1.27. The van der Waals surface area contributed by atoms with E-state index in [-0.39, 0.29) is 94.7 Å². The summed E-state index contributed by atoms with van der Waals surface area (Å²) in [5.74, 6) is 11.4. The molecule has 5 fully saturated rings. The summed E-state index contributed by atoms with van der Waals surface area (Å²) in [7, 11) is 8.84. The molecule has 7 N–H and O–H groups in total. The molecule has 0 spiro atoms. The van der Waals surface area contributed by atoms with Crippen LogP contribution < -0.4 is 25.0 Å². The highest BCUT2D eigenvalue weighted by Crippen LogP contribution is 2.49. The number of Topliss-reactive ketones (excluding diaryl/α,β-unsaturated/α-hetero) is 2. The number of fused-ring (bicyclic) bond motifs is 2. The van der Waals surface area contributed by atoms with E-state index in [1.54, 1.807) is 56.6 Å². The van der Waals surface area contributed by atoms with Crippen molar-refractivity contribution in [3.8, 4) is 40.9 Å². The second-order valence-electron chi connectivity index (χ2n) is 25.0. The summed E-state index contributed by atoms with van der Waals surface area (Å²) in [5, 5.41) is 61.0. The van der Waals surface area contributed by atoms with Gasteiger partial charge in [-0.15, -0.1) is 0 Å². The molecule has 7 aliphatic rings. The third-order valence-electron chi connectivity index (χ3n) is 17.1. The van der Waals surface area contributed by atoms with Crippen LogP contribution in [0.4, 0.5) is 4.79 Å². The number of carbonyl (C=O) groups is 4. The molecule has 2 bridgehead atoms. The number of thioether (sulfide) groups is 1. The average molecular weight is 1490 g/mol. The Balaban J connectivity index is 1.01. The predicted molar refractivity (Wildman–Crippen MR) is 357 cm³/mol. The molecule has 1 aromatic carbocycles. The Morgan fingerprint density at radius 3 is 2.22 bits per heavy atom. The van der Waals surface area contributed by atoms with Crippen molar-refractivity contribution in [1.82, 2.24) is 15.7 Å². The van der Waals surface area contributed by atoms with Crippen LogP contribution in [-0.2, 0) is 57.1 Å². The van der Waals surface area contributed by atoms with Crippen LogP contribution in [0.2, 0.25) is 0 Å². The van der Waals surface area contributed by atoms with Crippen LogP contribution in [0.5, 0.6) is 17.2 Å². The number of amides is 1. The molecule has 0 radical (unpaired) electrons. The lowest BCUT2D eigenvalue weighted by atomic mass is 9.72. The normalized spacial score (nSPS) is 34.8. The Kier molecular flexibility index (Phi) is 27.5. The Bertz CT molecular complexity index is 3070. The number of piperidine rings is 1. The van der Waals surface area contributed by atoms with Gasteiger partial charge < -0.3 is 92.6 Å². The molecule has 25 nitrogen and oxygen atoms in total. The topological polar surface area (TPSA) is 317 Å². The van der Waals surface area contributed by atoms with Crippen molar-refractivity contribution in [3.63, 3.8) is 0 Å². The number of aliphatic hydroxyl groups is 5. The first kappa shape index (κ1) is 76.1. The number of nitrogens with zero attached hydrogens (tertiary/aromatic N) is 1. The van der Waals surface area contributed by atoms with Crippen molar-refractivity contribution in [2.45, 2.75) is 227 Å². The van der Waals surface area contributed by atoms with Gasteiger partial charge in [0.2, 0.25) is 17.2 Å². The molecule has 1 aromatic rings.